The van der Waals surface area contributed by atoms with Crippen LogP contribution in [0.5, 0.6) is 0 Å². The zero-order valence-electron chi connectivity index (χ0n) is 13.0. The van der Waals surface area contributed by atoms with Crippen LogP contribution in [0.15, 0.2) is 55.1 Å². The van der Waals surface area contributed by atoms with Crippen LogP contribution >= 0.6 is 0 Å². The number of hydrogen-bond acceptors (Lipinski definition) is 2. The van der Waals surface area contributed by atoms with Crippen LogP contribution in [0.3, 0.4) is 0 Å². The molecule has 0 saturated carbocycles. The van der Waals surface area contributed by atoms with E-state index in [1.165, 1.54) is 6.08 Å². The standard InChI is InChI=1S/C19H20N2O2/c1-2-18(22)21-11-5-8-17(13-21)20-19(23)16-10-9-14-6-3-4-7-15(14)12-16/h2-4,6-7,9-10,12,17H,1,5,8,11,13H2,(H,20,23). The van der Waals surface area contributed by atoms with E-state index in [1.807, 2.05) is 42.5 Å². The molecule has 1 aliphatic rings. The van der Waals surface area contributed by atoms with Gasteiger partial charge in [0.2, 0.25) is 5.91 Å². The number of nitrogens with zero attached hydrogens (tertiary/aromatic N) is 1. The summed E-state index contributed by atoms with van der Waals surface area (Å²) in [6, 6.07) is 13.7. The molecule has 1 N–H and O–H groups in total. The van der Waals surface area contributed by atoms with Crippen LogP contribution in [0.25, 0.3) is 10.8 Å². The Hall–Kier alpha value is -2.62. The Morgan fingerprint density at radius 2 is 1.96 bits per heavy atom. The Morgan fingerprint density at radius 1 is 1.17 bits per heavy atom. The minimum absolute atomic E-state index is 0.00776. The number of nitrogens with one attached hydrogen (secondary N) is 1. The maximum absolute atomic E-state index is 12.5. The van der Waals surface area contributed by atoms with E-state index in [-0.39, 0.29) is 17.9 Å². The molecule has 4 nitrogen and oxygen atoms in total. The van der Waals surface area contributed by atoms with E-state index in [0.717, 1.165) is 30.2 Å². The first kappa shape index (κ1) is 15.3. The van der Waals surface area contributed by atoms with Gasteiger partial charge in [-0.15, -0.1) is 0 Å². The SMILES string of the molecule is C=CC(=O)N1CCCC(NC(=O)c2ccc3ccccc3c2)C1. The number of benzene rings is 2. The third-order valence-corrected chi connectivity index (χ3v) is 4.25. The Bertz CT molecular complexity index is 754. The lowest BCUT2D eigenvalue weighted by atomic mass is 10.0. The quantitative estimate of drug-likeness (QED) is 0.886. The van der Waals surface area contributed by atoms with Crippen molar-refractivity contribution in [1.82, 2.24) is 10.2 Å². The summed E-state index contributed by atoms with van der Waals surface area (Å²) < 4.78 is 0. The van der Waals surface area contributed by atoms with E-state index in [4.69, 9.17) is 0 Å². The number of hydrogen-bond donors (Lipinski definition) is 1. The molecule has 23 heavy (non-hydrogen) atoms. The van der Waals surface area contributed by atoms with Gasteiger partial charge < -0.3 is 10.2 Å². The first-order chi connectivity index (χ1) is 11.2. The van der Waals surface area contributed by atoms with Crippen LogP contribution in [0.1, 0.15) is 23.2 Å². The van der Waals surface area contributed by atoms with Gasteiger partial charge in [-0.3, -0.25) is 9.59 Å². The summed E-state index contributed by atoms with van der Waals surface area (Å²) in [6.45, 7) is 4.79. The number of likely N-dealkylation sites (tertiary alicyclic amines) is 1. The molecule has 4 heteroatoms. The van der Waals surface area contributed by atoms with Crippen LogP contribution in [-0.4, -0.2) is 35.8 Å². The predicted octanol–water partition coefficient (Wildman–Crippen LogP) is 2.75. The van der Waals surface area contributed by atoms with E-state index in [0.29, 0.717) is 12.1 Å². The second-order valence-electron chi connectivity index (χ2n) is 5.86. The molecule has 1 fully saturated rings. The first-order valence-corrected chi connectivity index (χ1v) is 7.88. The number of carbonyl (C=O) groups is 2. The fourth-order valence-electron chi connectivity index (χ4n) is 3.02. The van der Waals surface area contributed by atoms with E-state index >= 15 is 0 Å². The lowest BCUT2D eigenvalue weighted by molar-refractivity contribution is -0.127. The molecular formula is C19H20N2O2. The first-order valence-electron chi connectivity index (χ1n) is 7.88. The van der Waals surface area contributed by atoms with Crippen LogP contribution in [0.2, 0.25) is 0 Å². The van der Waals surface area contributed by atoms with Gasteiger partial charge >= 0.3 is 0 Å². The van der Waals surface area contributed by atoms with Crippen molar-refractivity contribution in [3.8, 4) is 0 Å². The van der Waals surface area contributed by atoms with Crippen molar-refractivity contribution in [1.29, 1.82) is 0 Å². The Kier molecular flexibility index (Phi) is 4.42. The van der Waals surface area contributed by atoms with Gasteiger partial charge in [0, 0.05) is 24.7 Å². The normalized spacial score (nSPS) is 17.7. The fraction of sp³-hybridized carbons (Fsp3) is 0.263. The predicted molar refractivity (Wildman–Crippen MR) is 91.2 cm³/mol. The Morgan fingerprint density at radius 3 is 2.74 bits per heavy atom. The van der Waals surface area contributed by atoms with Crippen molar-refractivity contribution in [2.45, 2.75) is 18.9 Å². The number of fused-ring (bicyclic) bond motifs is 1. The summed E-state index contributed by atoms with van der Waals surface area (Å²) in [5.41, 5.74) is 0.649. The molecular weight excluding hydrogens is 288 g/mol. The van der Waals surface area contributed by atoms with Crippen molar-refractivity contribution >= 4 is 22.6 Å². The van der Waals surface area contributed by atoms with Crippen LogP contribution < -0.4 is 5.32 Å². The maximum atomic E-state index is 12.5. The van der Waals surface area contributed by atoms with Gasteiger partial charge in [0.1, 0.15) is 0 Å². The third-order valence-electron chi connectivity index (χ3n) is 4.25. The molecule has 1 aliphatic heterocycles. The molecule has 0 spiro atoms. The molecule has 2 aromatic carbocycles. The zero-order valence-corrected chi connectivity index (χ0v) is 13.0. The topological polar surface area (TPSA) is 49.4 Å². The van der Waals surface area contributed by atoms with Crippen molar-refractivity contribution < 1.29 is 9.59 Å². The zero-order chi connectivity index (χ0) is 16.2. The van der Waals surface area contributed by atoms with E-state index in [9.17, 15) is 9.59 Å². The smallest absolute Gasteiger partial charge is 0.251 e. The second kappa shape index (κ2) is 6.65. The van der Waals surface area contributed by atoms with Crippen molar-refractivity contribution in [2.24, 2.45) is 0 Å². The second-order valence-corrected chi connectivity index (χ2v) is 5.86. The van der Waals surface area contributed by atoms with Crippen molar-refractivity contribution in [3.63, 3.8) is 0 Å². The van der Waals surface area contributed by atoms with Gasteiger partial charge in [0.05, 0.1) is 0 Å². The highest BCUT2D eigenvalue weighted by Crippen LogP contribution is 2.16. The summed E-state index contributed by atoms with van der Waals surface area (Å²) in [7, 11) is 0. The van der Waals surface area contributed by atoms with Crippen molar-refractivity contribution in [3.05, 3.63) is 60.7 Å². The van der Waals surface area contributed by atoms with E-state index in [1.54, 1.807) is 4.90 Å². The molecule has 0 radical (unpaired) electrons. The third kappa shape index (κ3) is 3.42. The van der Waals surface area contributed by atoms with E-state index < -0.39 is 0 Å². The molecule has 0 aromatic heterocycles. The van der Waals surface area contributed by atoms with Gasteiger partial charge in [-0.25, -0.2) is 0 Å². The van der Waals surface area contributed by atoms with E-state index in [2.05, 4.69) is 11.9 Å². The average molecular weight is 308 g/mol. The Labute approximate surface area is 135 Å². The molecule has 118 valence electrons. The number of rotatable bonds is 3. The fourth-order valence-corrected chi connectivity index (χ4v) is 3.02. The number of amides is 2. The van der Waals surface area contributed by atoms with Gasteiger partial charge in [-0.05, 0) is 41.8 Å². The molecule has 2 amide bonds. The van der Waals surface area contributed by atoms with Gasteiger partial charge in [0.15, 0.2) is 0 Å². The molecule has 0 aliphatic carbocycles. The highest BCUT2D eigenvalue weighted by atomic mass is 16.2. The lowest BCUT2D eigenvalue weighted by Gasteiger charge is -2.32. The highest BCUT2D eigenvalue weighted by molar-refractivity contribution is 5.98. The summed E-state index contributed by atoms with van der Waals surface area (Å²) in [4.78, 5) is 25.9. The number of carbonyl (C=O) groups excluding carboxylic acids is 2. The van der Waals surface area contributed by atoms with Gasteiger partial charge in [-0.2, -0.15) is 0 Å². The molecule has 1 saturated heterocycles. The number of piperidine rings is 1. The average Bonchev–Trinajstić information content (AvgIpc) is 2.60. The molecule has 2 aromatic rings. The minimum atomic E-state index is -0.0892. The summed E-state index contributed by atoms with van der Waals surface area (Å²) in [5.74, 6) is -0.164. The molecule has 1 atom stereocenters. The molecule has 3 rings (SSSR count). The molecule has 1 heterocycles. The summed E-state index contributed by atoms with van der Waals surface area (Å²) >= 11 is 0. The van der Waals surface area contributed by atoms with Crippen LogP contribution in [-0.2, 0) is 4.79 Å². The molecule has 0 bridgehead atoms. The van der Waals surface area contributed by atoms with Crippen molar-refractivity contribution in [2.75, 3.05) is 13.1 Å². The monoisotopic (exact) mass is 308 g/mol. The maximum Gasteiger partial charge on any atom is 0.251 e. The lowest BCUT2D eigenvalue weighted by Crippen LogP contribution is -2.49. The van der Waals surface area contributed by atoms with Gasteiger partial charge in [0.25, 0.3) is 5.91 Å². The molecule has 1 unspecified atom stereocenters. The summed E-state index contributed by atoms with van der Waals surface area (Å²) in [5, 5.41) is 5.21. The minimum Gasteiger partial charge on any atom is -0.348 e. The van der Waals surface area contributed by atoms with Crippen LogP contribution in [0.4, 0.5) is 0 Å². The van der Waals surface area contributed by atoms with Gasteiger partial charge in [-0.1, -0.05) is 36.9 Å². The van der Waals surface area contributed by atoms with Crippen LogP contribution in [0, 0.1) is 0 Å². The largest absolute Gasteiger partial charge is 0.348 e. The summed E-state index contributed by atoms with van der Waals surface area (Å²) in [6.07, 6.45) is 3.11. The Balaban J connectivity index is 1.70. The highest BCUT2D eigenvalue weighted by Gasteiger charge is 2.23.